The molecular formula is C55H47N5O8S. The number of benzene rings is 6. The van der Waals surface area contributed by atoms with Crippen molar-refractivity contribution in [1.82, 2.24) is 15.2 Å². The van der Waals surface area contributed by atoms with E-state index in [0.29, 0.717) is 22.2 Å². The Bertz CT molecular complexity index is 3090. The molecule has 1 aromatic heterocycles. The molecule has 4 amide bonds. The van der Waals surface area contributed by atoms with Crippen molar-refractivity contribution in [2.24, 2.45) is 5.92 Å². The number of anilines is 2. The van der Waals surface area contributed by atoms with E-state index in [9.17, 15) is 10.2 Å². The Morgan fingerprint density at radius 1 is 0.826 bits per heavy atom. The van der Waals surface area contributed by atoms with E-state index in [1.54, 1.807) is 42.5 Å². The third-order valence-electron chi connectivity index (χ3n) is 13.1. The molecule has 4 N–H and O–H groups in total. The zero-order valence-electron chi connectivity index (χ0n) is 37.4. The molecule has 2 saturated heterocycles. The van der Waals surface area contributed by atoms with E-state index in [1.807, 2.05) is 127 Å². The van der Waals surface area contributed by atoms with Crippen molar-refractivity contribution in [2.75, 3.05) is 30.0 Å². The number of para-hydroxylation sites is 2. The number of carbonyl (C=O) groups is 4. The second-order valence-electron chi connectivity index (χ2n) is 17.1. The Hall–Kier alpha value is -7.67. The molecule has 0 saturated carbocycles. The number of nitrogens with one attached hydrogen (secondary N) is 2. The number of ether oxygens (including phenoxy) is 2. The van der Waals surface area contributed by atoms with Gasteiger partial charge in [0.2, 0.25) is 11.8 Å². The Morgan fingerprint density at radius 2 is 1.51 bits per heavy atom. The average molecular weight is 938 g/mol. The van der Waals surface area contributed by atoms with Gasteiger partial charge in [-0.3, -0.25) is 19.3 Å². The zero-order chi connectivity index (χ0) is 47.6. The van der Waals surface area contributed by atoms with Gasteiger partial charge in [0.25, 0.3) is 0 Å². The third kappa shape index (κ3) is 7.99. The maximum atomic E-state index is 16.7. The van der Waals surface area contributed by atoms with Gasteiger partial charge >= 0.3 is 12.0 Å². The predicted octanol–water partition coefficient (Wildman–Crippen LogP) is 8.18. The molecule has 346 valence electrons. The summed E-state index contributed by atoms with van der Waals surface area (Å²) >= 11 is 1.24. The van der Waals surface area contributed by atoms with Crippen LogP contribution in [0, 0.1) is 17.8 Å². The first-order chi connectivity index (χ1) is 33.7. The number of rotatable bonds is 11. The molecule has 7 aromatic rings. The molecule has 4 heterocycles. The number of hydrogen-bond acceptors (Lipinski definition) is 11. The zero-order valence-corrected chi connectivity index (χ0v) is 38.2. The maximum absolute atomic E-state index is 16.7. The van der Waals surface area contributed by atoms with Crippen LogP contribution in [0.5, 0.6) is 5.75 Å². The van der Waals surface area contributed by atoms with Gasteiger partial charge in [0, 0.05) is 17.5 Å². The highest BCUT2D eigenvalue weighted by Gasteiger charge is 2.76. The SMILES string of the molecule is C[C@@H](NC(=O)N1C(=O)[C@@]2(c3cc(C#CCCO)ccc31)[C@H](c1ccccc1OCCO)N1[C@H](c3ccccc3)[C@H](c3ccccc3)OC(=O)[C@H]1[C@@H]2C(=O)Nc1nc2ccccc2s1)c1ccccc1. The Morgan fingerprint density at radius 3 is 2.23 bits per heavy atom. The topological polar surface area (TPSA) is 171 Å². The highest BCUT2D eigenvalue weighted by atomic mass is 32.1. The quantitative estimate of drug-likeness (QED) is 0.0733. The fourth-order valence-corrected chi connectivity index (χ4v) is 11.2. The smallest absolute Gasteiger partial charge is 0.329 e. The summed E-state index contributed by atoms with van der Waals surface area (Å²) in [6.07, 6.45) is -0.786. The van der Waals surface area contributed by atoms with Gasteiger partial charge < -0.3 is 30.3 Å². The van der Waals surface area contributed by atoms with Gasteiger partial charge in [-0.15, -0.1) is 0 Å². The van der Waals surface area contributed by atoms with Crippen LogP contribution in [0.4, 0.5) is 15.6 Å². The number of aromatic nitrogens is 1. The normalized spacial score (nSPS) is 22.0. The molecule has 0 unspecified atom stereocenters. The lowest BCUT2D eigenvalue weighted by atomic mass is 9.65. The fraction of sp³-hybridized carbons (Fsp3) is 0.218. The van der Waals surface area contributed by atoms with Crippen LogP contribution in [-0.4, -0.2) is 69.8 Å². The summed E-state index contributed by atoms with van der Waals surface area (Å²) in [6.45, 7) is 1.19. The van der Waals surface area contributed by atoms with Gasteiger partial charge in [-0.1, -0.05) is 145 Å². The van der Waals surface area contributed by atoms with E-state index in [-0.39, 0.29) is 48.4 Å². The molecular weight excluding hydrogens is 891 g/mol. The predicted molar refractivity (Wildman–Crippen MR) is 261 cm³/mol. The van der Waals surface area contributed by atoms with Crippen molar-refractivity contribution in [3.05, 3.63) is 191 Å². The van der Waals surface area contributed by atoms with Crippen LogP contribution in [0.15, 0.2) is 158 Å². The molecule has 0 bridgehead atoms. The number of morpholine rings is 1. The highest BCUT2D eigenvalue weighted by molar-refractivity contribution is 7.22. The summed E-state index contributed by atoms with van der Waals surface area (Å²) < 4.78 is 13.7. The summed E-state index contributed by atoms with van der Waals surface area (Å²) in [5, 5.41) is 26.2. The summed E-state index contributed by atoms with van der Waals surface area (Å²) in [5.41, 5.74) is 2.04. The average Bonchev–Trinajstić information content (AvgIpc) is 4.02. The fourth-order valence-electron chi connectivity index (χ4n) is 10.4. The van der Waals surface area contributed by atoms with E-state index < -0.39 is 65.4 Å². The van der Waals surface area contributed by atoms with Crippen molar-refractivity contribution in [3.63, 3.8) is 0 Å². The van der Waals surface area contributed by atoms with Crippen LogP contribution in [0.25, 0.3) is 10.2 Å². The molecule has 3 aliphatic heterocycles. The number of imide groups is 1. The Kier molecular flexibility index (Phi) is 12.5. The molecule has 1 spiro atoms. The third-order valence-corrected chi connectivity index (χ3v) is 14.1. The number of aliphatic hydroxyl groups is 2. The van der Waals surface area contributed by atoms with Crippen LogP contribution in [-0.2, 0) is 24.5 Å². The minimum Gasteiger partial charge on any atom is -0.491 e. The molecule has 13 nitrogen and oxygen atoms in total. The van der Waals surface area contributed by atoms with E-state index in [4.69, 9.17) is 14.5 Å². The van der Waals surface area contributed by atoms with Gasteiger partial charge in [0.15, 0.2) is 5.13 Å². The standard InChI is InChI=1S/C55H47N5O8S/c1-34(36-18-5-2-6-19-36)56-54(66)59-42-29-28-35(17-15-16-30-61)33-40(42)55(52(59)65)45(50(63)58-53-57-41-25-12-14-27-44(41)69-53)47-51(64)68-48(38-22-9-4-10-23-38)46(37-20-7-3-8-21-37)60(47)49(55)39-24-11-13-26-43(39)67-32-31-62/h2-14,18-29,33-34,45-49,61-62H,16,30-32H2,1H3,(H,56,66)(H,57,58,63)/t34-,45-,46-,47-,48+,49+,55-/m1/s1. The molecule has 14 heteroatoms. The van der Waals surface area contributed by atoms with Crippen LogP contribution in [0.1, 0.15) is 71.0 Å². The first-order valence-electron chi connectivity index (χ1n) is 22.8. The number of urea groups is 1. The summed E-state index contributed by atoms with van der Waals surface area (Å²) in [7, 11) is 0. The number of nitrogens with zero attached hydrogens (tertiary/aromatic N) is 3. The first-order valence-corrected chi connectivity index (χ1v) is 23.6. The van der Waals surface area contributed by atoms with E-state index in [0.717, 1.165) is 20.7 Å². The molecule has 6 aromatic carbocycles. The van der Waals surface area contributed by atoms with Gasteiger partial charge in [-0.25, -0.2) is 14.7 Å². The second-order valence-corrected chi connectivity index (χ2v) is 18.1. The van der Waals surface area contributed by atoms with E-state index in [1.165, 1.54) is 11.3 Å². The van der Waals surface area contributed by atoms with Crippen molar-refractivity contribution >= 4 is 56.2 Å². The number of aliphatic hydroxyl groups excluding tert-OH is 2. The number of carbonyl (C=O) groups excluding carboxylic acids is 4. The summed E-state index contributed by atoms with van der Waals surface area (Å²) in [5.74, 6) is 2.54. The number of cyclic esters (lactones) is 1. The van der Waals surface area contributed by atoms with Crippen LogP contribution in [0.2, 0.25) is 0 Å². The first kappa shape index (κ1) is 45.1. The molecule has 2 fully saturated rings. The Balaban J connectivity index is 1.28. The summed E-state index contributed by atoms with van der Waals surface area (Å²) in [6, 6.07) is 42.8. The van der Waals surface area contributed by atoms with Gasteiger partial charge in [0.1, 0.15) is 29.9 Å². The number of esters is 1. The van der Waals surface area contributed by atoms with Crippen LogP contribution >= 0.6 is 11.3 Å². The number of fused-ring (bicyclic) bond motifs is 4. The lowest BCUT2D eigenvalue weighted by molar-refractivity contribution is -0.177. The number of amides is 4. The second kappa shape index (κ2) is 19.1. The summed E-state index contributed by atoms with van der Waals surface area (Å²) in [4.78, 5) is 71.1. The van der Waals surface area contributed by atoms with E-state index >= 15 is 19.2 Å². The molecule has 69 heavy (non-hydrogen) atoms. The van der Waals surface area contributed by atoms with Gasteiger partial charge in [0.05, 0.1) is 53.2 Å². The Labute approximate surface area is 402 Å². The van der Waals surface area contributed by atoms with Crippen LogP contribution < -0.4 is 20.3 Å². The maximum Gasteiger partial charge on any atom is 0.329 e. The van der Waals surface area contributed by atoms with Gasteiger partial charge in [-0.2, -0.15) is 0 Å². The number of thiazole rings is 1. The molecule has 0 radical (unpaired) electrons. The van der Waals surface area contributed by atoms with Gasteiger partial charge in [-0.05, 0) is 65.6 Å². The van der Waals surface area contributed by atoms with Crippen LogP contribution in [0.3, 0.4) is 0 Å². The van der Waals surface area contributed by atoms with Crippen molar-refractivity contribution in [3.8, 4) is 17.6 Å². The lowest BCUT2D eigenvalue weighted by Crippen LogP contribution is -2.55. The van der Waals surface area contributed by atoms with E-state index in [2.05, 4.69) is 22.5 Å². The largest absolute Gasteiger partial charge is 0.491 e. The minimum atomic E-state index is -2.11. The lowest BCUT2D eigenvalue weighted by Gasteiger charge is -2.46. The monoisotopic (exact) mass is 937 g/mol. The molecule has 7 atom stereocenters. The van der Waals surface area contributed by atoms with Crippen molar-refractivity contribution in [2.45, 2.75) is 49.0 Å². The van der Waals surface area contributed by atoms with Crippen molar-refractivity contribution in [1.29, 1.82) is 0 Å². The molecule has 10 rings (SSSR count). The van der Waals surface area contributed by atoms with Crippen molar-refractivity contribution < 1.29 is 38.9 Å². The molecule has 0 aliphatic carbocycles. The highest BCUT2D eigenvalue weighted by Crippen LogP contribution is 2.66. The minimum absolute atomic E-state index is 0.112. The number of hydrogen-bond donors (Lipinski definition) is 4. The molecule has 3 aliphatic rings.